The molecule has 0 amide bonds. The molecule has 0 saturated heterocycles. The number of carboxylic acid groups (broad SMARTS) is 1. The van der Waals surface area contributed by atoms with Gasteiger partial charge in [0, 0.05) is 17.3 Å². The van der Waals surface area contributed by atoms with Crippen molar-refractivity contribution < 1.29 is 18.7 Å². The smallest absolute Gasteiger partial charge is 0.309 e. The Morgan fingerprint density at radius 2 is 1.48 bits per heavy atom. The normalized spacial score (nSPS) is 10.7. The molecule has 1 heterocycles. The van der Waals surface area contributed by atoms with E-state index in [2.05, 4.69) is 4.98 Å². The average molecular weight is 339 g/mol. The minimum Gasteiger partial charge on any atom is -0.481 e. The molecule has 0 saturated carbocycles. The van der Waals surface area contributed by atoms with E-state index < -0.39 is 5.97 Å². The molecule has 25 heavy (non-hydrogen) atoms. The van der Waals surface area contributed by atoms with E-state index >= 15 is 0 Å². The number of rotatable bonds is 4. The molecule has 0 unspecified atom stereocenters. The second-order valence-corrected chi connectivity index (χ2v) is 5.70. The first-order valence-corrected chi connectivity index (χ1v) is 7.68. The van der Waals surface area contributed by atoms with Crippen LogP contribution in [0.15, 0.2) is 54.7 Å². The molecule has 0 spiro atoms. The number of benzene rings is 2. The maximum absolute atomic E-state index is 13.3. The Balaban J connectivity index is 2.20. The Morgan fingerprint density at radius 1 is 0.960 bits per heavy atom. The van der Waals surface area contributed by atoms with Crippen LogP contribution in [-0.4, -0.2) is 16.1 Å². The standard InChI is InChI=1S/C20H15F2NO2/c1-12-17(13-2-6-15(21)7-3-13)11-23-18(10-19(24)25)20(12)14-4-8-16(22)9-5-14/h2-9,11H,10H2,1H3,(H,24,25). The van der Waals surface area contributed by atoms with Crippen LogP contribution in [0, 0.1) is 18.6 Å². The minimum absolute atomic E-state index is 0.239. The van der Waals surface area contributed by atoms with Gasteiger partial charge in [0.2, 0.25) is 0 Å². The molecule has 0 aliphatic carbocycles. The average Bonchev–Trinajstić information content (AvgIpc) is 2.57. The van der Waals surface area contributed by atoms with Crippen LogP contribution in [0.3, 0.4) is 0 Å². The summed E-state index contributed by atoms with van der Waals surface area (Å²) >= 11 is 0. The number of hydrogen-bond donors (Lipinski definition) is 1. The van der Waals surface area contributed by atoms with Gasteiger partial charge in [-0.3, -0.25) is 9.78 Å². The highest BCUT2D eigenvalue weighted by Gasteiger charge is 2.17. The second kappa shape index (κ2) is 6.81. The van der Waals surface area contributed by atoms with Crippen LogP contribution in [0.5, 0.6) is 0 Å². The number of carboxylic acids is 1. The van der Waals surface area contributed by atoms with Crippen molar-refractivity contribution in [3.8, 4) is 22.3 Å². The summed E-state index contributed by atoms with van der Waals surface area (Å²) in [5.74, 6) is -1.70. The first-order valence-electron chi connectivity index (χ1n) is 7.68. The molecule has 0 aliphatic heterocycles. The summed E-state index contributed by atoms with van der Waals surface area (Å²) < 4.78 is 26.4. The van der Waals surface area contributed by atoms with Gasteiger partial charge >= 0.3 is 5.97 Å². The lowest BCUT2D eigenvalue weighted by molar-refractivity contribution is -0.136. The van der Waals surface area contributed by atoms with Gasteiger partial charge in [0.1, 0.15) is 11.6 Å². The fraction of sp³-hybridized carbons (Fsp3) is 0.100. The van der Waals surface area contributed by atoms with Gasteiger partial charge in [0.25, 0.3) is 0 Å². The summed E-state index contributed by atoms with van der Waals surface area (Å²) in [6, 6.07) is 11.8. The zero-order chi connectivity index (χ0) is 18.0. The molecular formula is C20H15F2NO2. The third kappa shape index (κ3) is 3.55. The maximum atomic E-state index is 13.3. The van der Waals surface area contributed by atoms with Crippen molar-refractivity contribution in [2.75, 3.05) is 0 Å². The predicted octanol–water partition coefficient (Wildman–Crippen LogP) is 4.63. The van der Waals surface area contributed by atoms with Crippen LogP contribution in [0.1, 0.15) is 11.3 Å². The first kappa shape index (κ1) is 16.8. The molecule has 0 radical (unpaired) electrons. The number of aromatic nitrogens is 1. The molecule has 3 rings (SSSR count). The highest BCUT2D eigenvalue weighted by atomic mass is 19.1. The Kier molecular flexibility index (Phi) is 4.57. The van der Waals surface area contributed by atoms with Gasteiger partial charge in [0.15, 0.2) is 0 Å². The van der Waals surface area contributed by atoms with Gasteiger partial charge in [-0.1, -0.05) is 24.3 Å². The van der Waals surface area contributed by atoms with E-state index in [4.69, 9.17) is 5.11 Å². The molecule has 126 valence electrons. The van der Waals surface area contributed by atoms with E-state index in [1.54, 1.807) is 30.5 Å². The SMILES string of the molecule is Cc1c(-c2ccc(F)cc2)cnc(CC(=O)O)c1-c1ccc(F)cc1. The van der Waals surface area contributed by atoms with Gasteiger partial charge in [0.05, 0.1) is 12.1 Å². The van der Waals surface area contributed by atoms with Crippen molar-refractivity contribution in [3.63, 3.8) is 0 Å². The van der Waals surface area contributed by atoms with E-state index in [1.165, 1.54) is 24.3 Å². The predicted molar refractivity (Wildman–Crippen MR) is 91.1 cm³/mol. The molecule has 0 bridgehead atoms. The topological polar surface area (TPSA) is 50.2 Å². The summed E-state index contributed by atoms with van der Waals surface area (Å²) in [6.07, 6.45) is 1.35. The highest BCUT2D eigenvalue weighted by molar-refractivity contribution is 5.82. The van der Waals surface area contributed by atoms with Gasteiger partial charge in [-0.15, -0.1) is 0 Å². The Hall–Kier alpha value is -3.08. The molecule has 5 heteroatoms. The fourth-order valence-corrected chi connectivity index (χ4v) is 2.85. The lowest BCUT2D eigenvalue weighted by Gasteiger charge is -2.15. The lowest BCUT2D eigenvalue weighted by atomic mass is 9.92. The molecule has 3 aromatic rings. The van der Waals surface area contributed by atoms with Crippen LogP contribution < -0.4 is 0 Å². The van der Waals surface area contributed by atoms with Gasteiger partial charge in [-0.25, -0.2) is 8.78 Å². The Labute approximate surface area is 143 Å². The van der Waals surface area contributed by atoms with E-state index in [1.807, 2.05) is 6.92 Å². The van der Waals surface area contributed by atoms with E-state index in [0.29, 0.717) is 16.8 Å². The summed E-state index contributed by atoms with van der Waals surface area (Å²) in [6.45, 7) is 1.85. The summed E-state index contributed by atoms with van der Waals surface area (Å²) in [5.41, 5.74) is 4.10. The van der Waals surface area contributed by atoms with Crippen molar-refractivity contribution in [1.82, 2.24) is 4.98 Å². The summed E-state index contributed by atoms with van der Waals surface area (Å²) in [5, 5.41) is 9.15. The van der Waals surface area contributed by atoms with Crippen molar-refractivity contribution in [1.29, 1.82) is 0 Å². The molecule has 1 aromatic heterocycles. The first-order chi connectivity index (χ1) is 12.0. The van der Waals surface area contributed by atoms with Gasteiger partial charge < -0.3 is 5.11 Å². The number of nitrogens with zero attached hydrogens (tertiary/aromatic N) is 1. The Bertz CT molecular complexity index is 920. The van der Waals surface area contributed by atoms with E-state index in [-0.39, 0.29) is 18.1 Å². The number of aliphatic carboxylic acids is 1. The third-order valence-electron chi connectivity index (χ3n) is 4.02. The van der Waals surface area contributed by atoms with Gasteiger partial charge in [-0.2, -0.15) is 0 Å². The van der Waals surface area contributed by atoms with Crippen LogP contribution in [-0.2, 0) is 11.2 Å². The second-order valence-electron chi connectivity index (χ2n) is 5.70. The molecule has 0 atom stereocenters. The van der Waals surface area contributed by atoms with Crippen molar-refractivity contribution >= 4 is 5.97 Å². The number of hydrogen-bond acceptors (Lipinski definition) is 2. The zero-order valence-corrected chi connectivity index (χ0v) is 13.5. The zero-order valence-electron chi connectivity index (χ0n) is 13.5. The molecular weight excluding hydrogens is 324 g/mol. The highest BCUT2D eigenvalue weighted by Crippen LogP contribution is 2.33. The summed E-state index contributed by atoms with van der Waals surface area (Å²) in [4.78, 5) is 15.5. The van der Waals surface area contributed by atoms with E-state index in [9.17, 15) is 13.6 Å². The Morgan fingerprint density at radius 3 is 2.00 bits per heavy atom. The number of halogens is 2. The van der Waals surface area contributed by atoms with Crippen LogP contribution in [0.4, 0.5) is 8.78 Å². The van der Waals surface area contributed by atoms with Crippen molar-refractivity contribution in [2.45, 2.75) is 13.3 Å². The monoisotopic (exact) mass is 339 g/mol. The van der Waals surface area contributed by atoms with Crippen LogP contribution >= 0.6 is 0 Å². The minimum atomic E-state index is -0.996. The van der Waals surface area contributed by atoms with E-state index in [0.717, 1.165) is 16.7 Å². The summed E-state index contributed by atoms with van der Waals surface area (Å²) in [7, 11) is 0. The number of pyridine rings is 1. The van der Waals surface area contributed by atoms with Crippen LogP contribution in [0.25, 0.3) is 22.3 Å². The fourth-order valence-electron chi connectivity index (χ4n) is 2.85. The van der Waals surface area contributed by atoms with Crippen molar-refractivity contribution in [2.24, 2.45) is 0 Å². The molecule has 0 fully saturated rings. The maximum Gasteiger partial charge on any atom is 0.309 e. The quantitative estimate of drug-likeness (QED) is 0.754. The molecule has 1 N–H and O–H groups in total. The molecule has 2 aromatic carbocycles. The molecule has 0 aliphatic rings. The van der Waals surface area contributed by atoms with Crippen LogP contribution in [0.2, 0.25) is 0 Å². The number of carbonyl (C=O) groups is 1. The third-order valence-corrected chi connectivity index (χ3v) is 4.02. The van der Waals surface area contributed by atoms with Crippen molar-refractivity contribution in [3.05, 3.63) is 77.6 Å². The lowest BCUT2D eigenvalue weighted by Crippen LogP contribution is -2.06. The largest absolute Gasteiger partial charge is 0.481 e. The molecule has 3 nitrogen and oxygen atoms in total. The van der Waals surface area contributed by atoms with Gasteiger partial charge in [-0.05, 0) is 47.9 Å².